The van der Waals surface area contributed by atoms with Crippen LogP contribution in [0.15, 0.2) is 0 Å². The minimum absolute atomic E-state index is 0.0380. The number of carbonyl (C=O) groups is 1. The molecule has 2 heterocycles. The van der Waals surface area contributed by atoms with Gasteiger partial charge in [-0.05, 0) is 38.9 Å². The standard InChI is InChI=1S/C14H27N3O2/c1-11(8-17-5-3-4-6-17)7-16-14(18)12-9-19-10-13(12)15-2/h11-13,15H,3-10H2,1-2H3,(H,16,18). The monoisotopic (exact) mass is 269 g/mol. The summed E-state index contributed by atoms with van der Waals surface area (Å²) in [4.78, 5) is 14.6. The third kappa shape index (κ3) is 4.16. The Morgan fingerprint density at radius 2 is 2.11 bits per heavy atom. The van der Waals surface area contributed by atoms with Gasteiger partial charge in [-0.1, -0.05) is 6.92 Å². The van der Waals surface area contributed by atoms with Crippen LogP contribution in [0.2, 0.25) is 0 Å². The number of nitrogens with one attached hydrogen (secondary N) is 2. The fraction of sp³-hybridized carbons (Fsp3) is 0.929. The topological polar surface area (TPSA) is 53.6 Å². The Morgan fingerprint density at radius 1 is 1.37 bits per heavy atom. The molecule has 110 valence electrons. The number of amides is 1. The Morgan fingerprint density at radius 3 is 2.79 bits per heavy atom. The first-order chi connectivity index (χ1) is 9.20. The molecule has 19 heavy (non-hydrogen) atoms. The molecule has 3 unspecified atom stereocenters. The maximum absolute atomic E-state index is 12.1. The molecule has 2 fully saturated rings. The summed E-state index contributed by atoms with van der Waals surface area (Å²) >= 11 is 0. The quantitative estimate of drug-likeness (QED) is 0.716. The molecule has 0 aromatic heterocycles. The molecule has 2 aliphatic heterocycles. The van der Waals surface area contributed by atoms with Gasteiger partial charge in [0.15, 0.2) is 0 Å². The van der Waals surface area contributed by atoms with Crippen molar-refractivity contribution in [2.24, 2.45) is 11.8 Å². The third-order valence-electron chi connectivity index (χ3n) is 4.18. The highest BCUT2D eigenvalue weighted by Crippen LogP contribution is 2.14. The van der Waals surface area contributed by atoms with Gasteiger partial charge in [0.25, 0.3) is 0 Å². The average molecular weight is 269 g/mol. The predicted molar refractivity (Wildman–Crippen MR) is 75.0 cm³/mol. The summed E-state index contributed by atoms with van der Waals surface area (Å²) in [5, 5.41) is 6.22. The summed E-state index contributed by atoms with van der Waals surface area (Å²) in [7, 11) is 1.88. The Bertz CT molecular complexity index is 292. The van der Waals surface area contributed by atoms with Crippen LogP contribution in [0.3, 0.4) is 0 Å². The van der Waals surface area contributed by atoms with Crippen LogP contribution in [0.4, 0.5) is 0 Å². The van der Waals surface area contributed by atoms with E-state index in [-0.39, 0.29) is 17.9 Å². The van der Waals surface area contributed by atoms with Gasteiger partial charge in [-0.3, -0.25) is 4.79 Å². The van der Waals surface area contributed by atoms with Gasteiger partial charge >= 0.3 is 0 Å². The molecule has 1 amide bonds. The second-order valence-electron chi connectivity index (χ2n) is 5.90. The first-order valence-corrected chi connectivity index (χ1v) is 7.45. The van der Waals surface area contributed by atoms with E-state index in [1.807, 2.05) is 7.05 Å². The maximum atomic E-state index is 12.1. The van der Waals surface area contributed by atoms with Crippen molar-refractivity contribution in [3.05, 3.63) is 0 Å². The number of likely N-dealkylation sites (N-methyl/N-ethyl adjacent to an activating group) is 1. The zero-order valence-corrected chi connectivity index (χ0v) is 12.2. The normalized spacial score (nSPS) is 29.6. The first-order valence-electron chi connectivity index (χ1n) is 7.45. The van der Waals surface area contributed by atoms with Crippen LogP contribution in [0.25, 0.3) is 0 Å². The molecule has 5 heteroatoms. The zero-order chi connectivity index (χ0) is 13.7. The van der Waals surface area contributed by atoms with E-state index in [9.17, 15) is 4.79 Å². The number of nitrogens with zero attached hydrogens (tertiary/aromatic N) is 1. The molecule has 2 N–H and O–H groups in total. The lowest BCUT2D eigenvalue weighted by Gasteiger charge is -2.22. The minimum Gasteiger partial charge on any atom is -0.379 e. The summed E-state index contributed by atoms with van der Waals surface area (Å²) in [5.41, 5.74) is 0. The lowest BCUT2D eigenvalue weighted by atomic mass is 10.0. The fourth-order valence-electron chi connectivity index (χ4n) is 2.97. The van der Waals surface area contributed by atoms with Gasteiger partial charge in [0, 0.05) is 19.1 Å². The van der Waals surface area contributed by atoms with Gasteiger partial charge in [-0.2, -0.15) is 0 Å². The van der Waals surface area contributed by atoms with Crippen LogP contribution in [0.1, 0.15) is 19.8 Å². The predicted octanol–water partition coefficient (Wildman–Crippen LogP) is 0.0689. The molecule has 5 nitrogen and oxygen atoms in total. The van der Waals surface area contributed by atoms with Gasteiger partial charge in [0.1, 0.15) is 0 Å². The van der Waals surface area contributed by atoms with Crippen LogP contribution >= 0.6 is 0 Å². The number of rotatable bonds is 6. The number of carbonyl (C=O) groups excluding carboxylic acids is 1. The van der Waals surface area contributed by atoms with Crippen molar-refractivity contribution in [1.82, 2.24) is 15.5 Å². The summed E-state index contributed by atoms with van der Waals surface area (Å²) in [6.07, 6.45) is 2.64. The van der Waals surface area contributed by atoms with E-state index in [0.29, 0.717) is 19.1 Å². The third-order valence-corrected chi connectivity index (χ3v) is 4.18. The van der Waals surface area contributed by atoms with Gasteiger partial charge in [-0.15, -0.1) is 0 Å². The van der Waals surface area contributed by atoms with Gasteiger partial charge in [0.05, 0.1) is 19.1 Å². The van der Waals surface area contributed by atoms with Crippen molar-refractivity contribution in [2.75, 3.05) is 46.4 Å². The molecule has 0 aromatic carbocycles. The van der Waals surface area contributed by atoms with E-state index < -0.39 is 0 Å². The second-order valence-corrected chi connectivity index (χ2v) is 5.90. The van der Waals surface area contributed by atoms with Crippen molar-refractivity contribution in [1.29, 1.82) is 0 Å². The Hall–Kier alpha value is -0.650. The lowest BCUT2D eigenvalue weighted by molar-refractivity contribution is -0.125. The molecule has 0 saturated carbocycles. The van der Waals surface area contributed by atoms with Gasteiger partial charge < -0.3 is 20.3 Å². The molecule has 2 aliphatic rings. The van der Waals surface area contributed by atoms with Gasteiger partial charge in [0.2, 0.25) is 5.91 Å². The van der Waals surface area contributed by atoms with E-state index in [2.05, 4.69) is 22.5 Å². The average Bonchev–Trinajstić information content (AvgIpc) is 3.06. The van der Waals surface area contributed by atoms with E-state index in [0.717, 1.165) is 13.1 Å². The molecular formula is C14H27N3O2. The van der Waals surface area contributed by atoms with Crippen LogP contribution in [-0.4, -0.2) is 63.3 Å². The number of hydrogen-bond acceptors (Lipinski definition) is 4. The summed E-state index contributed by atoms with van der Waals surface area (Å²) in [6, 6.07) is 0.161. The minimum atomic E-state index is -0.0380. The van der Waals surface area contributed by atoms with Crippen molar-refractivity contribution in [2.45, 2.75) is 25.8 Å². The molecule has 0 aromatic rings. The van der Waals surface area contributed by atoms with Crippen LogP contribution in [0.5, 0.6) is 0 Å². The Kier molecular flexibility index (Phi) is 5.60. The molecule has 0 radical (unpaired) electrons. The SMILES string of the molecule is CNC1COCC1C(=O)NCC(C)CN1CCCC1. The highest BCUT2D eigenvalue weighted by Gasteiger charge is 2.32. The molecule has 0 spiro atoms. The van der Waals surface area contributed by atoms with E-state index in [1.54, 1.807) is 0 Å². The van der Waals surface area contributed by atoms with Crippen LogP contribution in [0, 0.1) is 11.8 Å². The molecule has 2 rings (SSSR count). The Balaban J connectivity index is 1.67. The summed E-state index contributed by atoms with van der Waals surface area (Å²) < 4.78 is 5.36. The van der Waals surface area contributed by atoms with Crippen LogP contribution in [-0.2, 0) is 9.53 Å². The molecule has 0 aliphatic carbocycles. The zero-order valence-electron chi connectivity index (χ0n) is 12.2. The number of ether oxygens (including phenoxy) is 1. The highest BCUT2D eigenvalue weighted by molar-refractivity contribution is 5.79. The highest BCUT2D eigenvalue weighted by atomic mass is 16.5. The summed E-state index contributed by atoms with van der Waals surface area (Å²) in [5.74, 6) is 0.603. The van der Waals surface area contributed by atoms with Crippen molar-refractivity contribution < 1.29 is 9.53 Å². The molecule has 0 bridgehead atoms. The lowest BCUT2D eigenvalue weighted by Crippen LogP contribution is -2.44. The van der Waals surface area contributed by atoms with Crippen molar-refractivity contribution >= 4 is 5.91 Å². The van der Waals surface area contributed by atoms with E-state index in [4.69, 9.17) is 4.74 Å². The van der Waals surface area contributed by atoms with Crippen LogP contribution < -0.4 is 10.6 Å². The molecule has 3 atom stereocenters. The van der Waals surface area contributed by atoms with Crippen molar-refractivity contribution in [3.8, 4) is 0 Å². The number of likely N-dealkylation sites (tertiary alicyclic amines) is 1. The van der Waals surface area contributed by atoms with E-state index >= 15 is 0 Å². The molecular weight excluding hydrogens is 242 g/mol. The number of hydrogen-bond donors (Lipinski definition) is 2. The Labute approximate surface area is 116 Å². The molecule has 2 saturated heterocycles. The first kappa shape index (κ1) is 14.8. The van der Waals surface area contributed by atoms with Gasteiger partial charge in [-0.25, -0.2) is 0 Å². The van der Waals surface area contributed by atoms with Crippen molar-refractivity contribution in [3.63, 3.8) is 0 Å². The summed E-state index contributed by atoms with van der Waals surface area (Å²) in [6.45, 7) is 7.68. The fourth-order valence-corrected chi connectivity index (χ4v) is 2.97. The maximum Gasteiger partial charge on any atom is 0.227 e. The second kappa shape index (κ2) is 7.22. The smallest absolute Gasteiger partial charge is 0.227 e. The largest absolute Gasteiger partial charge is 0.379 e. The van der Waals surface area contributed by atoms with E-state index in [1.165, 1.54) is 25.9 Å².